The number of benzene rings is 1. The van der Waals surface area contributed by atoms with Gasteiger partial charge in [-0.2, -0.15) is 0 Å². The van der Waals surface area contributed by atoms with Crippen LogP contribution >= 0.6 is 27.3 Å². The Hall–Kier alpha value is -0.910. The average molecular weight is 340 g/mol. The van der Waals surface area contributed by atoms with E-state index in [2.05, 4.69) is 68.7 Å². The third kappa shape index (κ3) is 4.03. The van der Waals surface area contributed by atoms with Gasteiger partial charge in [0.2, 0.25) is 0 Å². The summed E-state index contributed by atoms with van der Waals surface area (Å²) in [4.78, 5) is 6.53. The molecular formula is C14H18BrN3S. The zero-order valence-electron chi connectivity index (χ0n) is 11.2. The summed E-state index contributed by atoms with van der Waals surface area (Å²) < 4.78 is 1.13. The topological polar surface area (TPSA) is 28.2 Å². The van der Waals surface area contributed by atoms with Crippen molar-refractivity contribution >= 4 is 33.0 Å². The summed E-state index contributed by atoms with van der Waals surface area (Å²) in [6.07, 6.45) is 0. The van der Waals surface area contributed by atoms with E-state index >= 15 is 0 Å². The van der Waals surface area contributed by atoms with E-state index in [-0.39, 0.29) is 0 Å². The first-order valence-electron chi connectivity index (χ1n) is 6.28. The van der Waals surface area contributed by atoms with Gasteiger partial charge in [0, 0.05) is 23.4 Å². The molecule has 0 bridgehead atoms. The highest BCUT2D eigenvalue weighted by Gasteiger charge is 2.08. The van der Waals surface area contributed by atoms with Crippen molar-refractivity contribution in [1.82, 2.24) is 10.3 Å². The molecule has 19 heavy (non-hydrogen) atoms. The van der Waals surface area contributed by atoms with Gasteiger partial charge in [-0.3, -0.25) is 0 Å². The van der Waals surface area contributed by atoms with E-state index in [4.69, 9.17) is 0 Å². The minimum atomic E-state index is 0.828. The van der Waals surface area contributed by atoms with E-state index in [1.807, 2.05) is 5.51 Å². The largest absolute Gasteiger partial charge is 0.368 e. The first kappa shape index (κ1) is 14.5. The Labute approximate surface area is 126 Å². The Morgan fingerprint density at radius 2 is 2.26 bits per heavy atom. The van der Waals surface area contributed by atoms with Gasteiger partial charge >= 0.3 is 0 Å². The van der Waals surface area contributed by atoms with Gasteiger partial charge in [0.25, 0.3) is 0 Å². The second-order valence-corrected chi connectivity index (χ2v) is 5.97. The van der Waals surface area contributed by atoms with Gasteiger partial charge < -0.3 is 10.2 Å². The molecule has 0 aliphatic carbocycles. The molecule has 1 aromatic carbocycles. The fraction of sp³-hybridized carbons (Fsp3) is 0.357. The van der Waals surface area contributed by atoms with Crippen molar-refractivity contribution in [3.8, 4) is 0 Å². The maximum Gasteiger partial charge on any atom is 0.0795 e. The summed E-state index contributed by atoms with van der Waals surface area (Å²) in [6, 6.07) is 6.50. The van der Waals surface area contributed by atoms with Crippen LogP contribution in [0, 0.1) is 0 Å². The Balaban J connectivity index is 2.07. The van der Waals surface area contributed by atoms with Crippen molar-refractivity contribution in [2.24, 2.45) is 0 Å². The van der Waals surface area contributed by atoms with E-state index in [0.29, 0.717) is 0 Å². The normalized spacial score (nSPS) is 10.7. The molecule has 2 rings (SSSR count). The molecule has 3 nitrogen and oxygen atoms in total. The maximum absolute atomic E-state index is 4.32. The quantitative estimate of drug-likeness (QED) is 0.870. The third-order valence-electron chi connectivity index (χ3n) is 2.89. The van der Waals surface area contributed by atoms with Gasteiger partial charge in [-0.25, -0.2) is 4.98 Å². The minimum Gasteiger partial charge on any atom is -0.368 e. The molecule has 0 spiro atoms. The van der Waals surface area contributed by atoms with Crippen LogP contribution in [0.2, 0.25) is 0 Å². The zero-order chi connectivity index (χ0) is 13.7. The summed E-state index contributed by atoms with van der Waals surface area (Å²) in [6.45, 7) is 4.84. The molecule has 2 aromatic rings. The fourth-order valence-corrected chi connectivity index (χ4v) is 3.16. The Kier molecular flexibility index (Phi) is 5.36. The second-order valence-electron chi connectivity index (χ2n) is 4.40. The number of hydrogen-bond acceptors (Lipinski definition) is 4. The molecule has 0 unspecified atom stereocenters. The average Bonchev–Trinajstić information content (AvgIpc) is 2.89. The van der Waals surface area contributed by atoms with E-state index in [1.54, 1.807) is 11.3 Å². The predicted octanol–water partition coefficient (Wildman–Crippen LogP) is 3.65. The molecule has 5 heteroatoms. The molecule has 0 saturated carbocycles. The Bertz CT molecular complexity index is 513. The smallest absolute Gasteiger partial charge is 0.0795 e. The minimum absolute atomic E-state index is 0.828. The first-order valence-corrected chi connectivity index (χ1v) is 8.01. The lowest BCUT2D eigenvalue weighted by atomic mass is 10.2. The van der Waals surface area contributed by atoms with Gasteiger partial charge in [0.15, 0.2) is 0 Å². The van der Waals surface area contributed by atoms with Crippen LogP contribution in [0.25, 0.3) is 0 Å². The molecule has 0 saturated heterocycles. The number of thiazole rings is 1. The lowest BCUT2D eigenvalue weighted by Gasteiger charge is -2.20. The molecule has 0 amide bonds. The molecule has 0 atom stereocenters. The number of anilines is 1. The molecule has 0 aliphatic heterocycles. The van der Waals surface area contributed by atoms with Crippen molar-refractivity contribution < 1.29 is 0 Å². The highest BCUT2D eigenvalue weighted by Crippen LogP contribution is 2.27. The Morgan fingerprint density at radius 3 is 2.89 bits per heavy atom. The molecular weight excluding hydrogens is 322 g/mol. The number of nitrogens with one attached hydrogen (secondary N) is 1. The van der Waals surface area contributed by atoms with E-state index in [9.17, 15) is 0 Å². The van der Waals surface area contributed by atoms with E-state index in [0.717, 1.165) is 29.8 Å². The summed E-state index contributed by atoms with van der Waals surface area (Å²) in [7, 11) is 2.09. The fourth-order valence-electron chi connectivity index (χ4n) is 1.88. The number of aromatic nitrogens is 1. The summed E-state index contributed by atoms with van der Waals surface area (Å²) in [5.41, 5.74) is 5.46. The van der Waals surface area contributed by atoms with Gasteiger partial charge in [-0.05, 0) is 40.2 Å². The van der Waals surface area contributed by atoms with Crippen LogP contribution in [-0.2, 0) is 13.1 Å². The molecule has 0 fully saturated rings. The number of hydrogen-bond donors (Lipinski definition) is 1. The van der Waals surface area contributed by atoms with Crippen LogP contribution in [0.5, 0.6) is 0 Å². The molecule has 102 valence electrons. The van der Waals surface area contributed by atoms with Crippen molar-refractivity contribution in [1.29, 1.82) is 0 Å². The van der Waals surface area contributed by atoms with Gasteiger partial charge in [0.05, 0.1) is 23.4 Å². The molecule has 1 N–H and O–H groups in total. The van der Waals surface area contributed by atoms with Crippen LogP contribution < -0.4 is 10.2 Å². The highest BCUT2D eigenvalue weighted by molar-refractivity contribution is 9.10. The van der Waals surface area contributed by atoms with Crippen LogP contribution in [0.15, 0.2) is 33.6 Å². The van der Waals surface area contributed by atoms with Crippen molar-refractivity contribution in [3.63, 3.8) is 0 Å². The van der Waals surface area contributed by atoms with Crippen LogP contribution in [-0.4, -0.2) is 18.6 Å². The van der Waals surface area contributed by atoms with Crippen molar-refractivity contribution in [2.45, 2.75) is 20.0 Å². The zero-order valence-corrected chi connectivity index (χ0v) is 13.6. The van der Waals surface area contributed by atoms with E-state index < -0.39 is 0 Å². The predicted molar refractivity (Wildman–Crippen MR) is 85.7 cm³/mol. The standard InChI is InChI=1S/C14H18BrN3S/c1-3-16-7-11-4-5-14(13(15)6-11)18(2)8-12-9-19-10-17-12/h4-6,9-10,16H,3,7-8H2,1-2H3. The molecule has 0 radical (unpaired) electrons. The Morgan fingerprint density at radius 1 is 1.42 bits per heavy atom. The number of nitrogens with zero attached hydrogens (tertiary/aromatic N) is 2. The summed E-state index contributed by atoms with van der Waals surface area (Å²) in [5.74, 6) is 0. The van der Waals surface area contributed by atoms with Crippen LogP contribution in [0.1, 0.15) is 18.2 Å². The van der Waals surface area contributed by atoms with Gasteiger partial charge in [-0.1, -0.05) is 13.0 Å². The molecule has 1 heterocycles. The number of rotatable bonds is 6. The maximum atomic E-state index is 4.32. The van der Waals surface area contributed by atoms with Crippen LogP contribution in [0.4, 0.5) is 5.69 Å². The SMILES string of the molecule is CCNCc1ccc(N(C)Cc2cscn2)c(Br)c1. The monoisotopic (exact) mass is 339 g/mol. The summed E-state index contributed by atoms with van der Waals surface area (Å²) >= 11 is 5.29. The summed E-state index contributed by atoms with van der Waals surface area (Å²) in [5, 5.41) is 5.42. The first-order chi connectivity index (χ1) is 9.20. The van der Waals surface area contributed by atoms with Crippen molar-refractivity contribution in [3.05, 3.63) is 44.8 Å². The lowest BCUT2D eigenvalue weighted by molar-refractivity contribution is 0.726. The van der Waals surface area contributed by atoms with Crippen LogP contribution in [0.3, 0.4) is 0 Å². The molecule has 1 aromatic heterocycles. The van der Waals surface area contributed by atoms with Gasteiger partial charge in [0.1, 0.15) is 0 Å². The van der Waals surface area contributed by atoms with E-state index in [1.165, 1.54) is 11.3 Å². The lowest BCUT2D eigenvalue weighted by Crippen LogP contribution is -2.17. The number of halogens is 1. The highest BCUT2D eigenvalue weighted by atomic mass is 79.9. The third-order valence-corrected chi connectivity index (χ3v) is 4.16. The van der Waals surface area contributed by atoms with Gasteiger partial charge in [-0.15, -0.1) is 11.3 Å². The van der Waals surface area contributed by atoms with Crippen molar-refractivity contribution in [2.75, 3.05) is 18.5 Å². The molecule has 0 aliphatic rings. The second kappa shape index (κ2) is 7.03.